The molecule has 0 spiro atoms. The highest BCUT2D eigenvalue weighted by atomic mass is 16.6. The Morgan fingerprint density at radius 1 is 1.14 bits per heavy atom. The highest BCUT2D eigenvalue weighted by molar-refractivity contribution is 6.04. The molecule has 0 aliphatic carbocycles. The molecule has 1 aromatic carbocycles. The second-order valence-corrected chi connectivity index (χ2v) is 6.86. The van der Waals surface area contributed by atoms with Gasteiger partial charge in [0.1, 0.15) is 0 Å². The zero-order chi connectivity index (χ0) is 20.6. The smallest absolute Gasteiger partial charge is 0.409 e. The van der Waals surface area contributed by atoms with Gasteiger partial charge in [0.15, 0.2) is 0 Å². The highest BCUT2D eigenvalue weighted by Crippen LogP contribution is 2.17. The molecule has 0 unspecified atom stereocenters. The van der Waals surface area contributed by atoms with Gasteiger partial charge in [-0.3, -0.25) is 4.79 Å². The Balaban J connectivity index is 1.53. The van der Waals surface area contributed by atoms with Crippen LogP contribution in [0.4, 0.5) is 16.4 Å². The molecule has 2 aromatic rings. The summed E-state index contributed by atoms with van der Waals surface area (Å²) < 4.78 is 5.03. The summed E-state index contributed by atoms with van der Waals surface area (Å²) >= 11 is 0. The van der Waals surface area contributed by atoms with Gasteiger partial charge in [0.25, 0.3) is 5.91 Å². The number of ether oxygens (including phenoxy) is 1. The number of benzene rings is 1. The fourth-order valence-corrected chi connectivity index (χ4v) is 3.27. The molecule has 0 bridgehead atoms. The van der Waals surface area contributed by atoms with E-state index >= 15 is 0 Å². The molecule has 1 aliphatic rings. The van der Waals surface area contributed by atoms with E-state index in [1.165, 1.54) is 12.4 Å². The van der Waals surface area contributed by atoms with Crippen LogP contribution in [0, 0.1) is 0 Å². The Labute approximate surface area is 170 Å². The lowest BCUT2D eigenvalue weighted by molar-refractivity contribution is 0.0982. The van der Waals surface area contributed by atoms with Crippen molar-refractivity contribution in [3.8, 4) is 0 Å². The van der Waals surface area contributed by atoms with Gasteiger partial charge in [0.2, 0.25) is 5.95 Å². The predicted molar refractivity (Wildman–Crippen MR) is 111 cm³/mol. The van der Waals surface area contributed by atoms with Crippen LogP contribution in [0.3, 0.4) is 0 Å². The zero-order valence-electron chi connectivity index (χ0n) is 16.9. The summed E-state index contributed by atoms with van der Waals surface area (Å²) in [6.07, 6.45) is 5.20. The van der Waals surface area contributed by atoms with Crippen molar-refractivity contribution in [2.24, 2.45) is 0 Å². The number of carbonyl (C=O) groups is 2. The summed E-state index contributed by atoms with van der Waals surface area (Å²) in [6.45, 7) is 5.50. The van der Waals surface area contributed by atoms with Crippen LogP contribution < -0.4 is 10.6 Å². The Hall–Kier alpha value is -3.16. The third kappa shape index (κ3) is 5.43. The number of aromatic nitrogens is 2. The van der Waals surface area contributed by atoms with Gasteiger partial charge in [0, 0.05) is 37.2 Å². The zero-order valence-corrected chi connectivity index (χ0v) is 16.9. The molecule has 0 radical (unpaired) electrons. The number of likely N-dealkylation sites (tertiary alicyclic amines) is 1. The molecule has 1 aromatic heterocycles. The lowest BCUT2D eigenvalue weighted by Gasteiger charge is -2.31. The molecule has 8 nitrogen and oxygen atoms in total. The predicted octanol–water partition coefficient (Wildman–Crippen LogP) is 3.32. The van der Waals surface area contributed by atoms with Crippen LogP contribution in [0.1, 0.15) is 42.6 Å². The minimum atomic E-state index is -0.262. The van der Waals surface area contributed by atoms with Crippen molar-refractivity contribution in [3.05, 3.63) is 47.8 Å². The molecular weight excluding hydrogens is 370 g/mol. The van der Waals surface area contributed by atoms with Gasteiger partial charge < -0.3 is 20.3 Å². The van der Waals surface area contributed by atoms with Gasteiger partial charge in [-0.15, -0.1) is 0 Å². The van der Waals surface area contributed by atoms with Crippen molar-refractivity contribution in [1.82, 2.24) is 14.9 Å². The molecule has 154 valence electrons. The Bertz CT molecular complexity index is 832. The van der Waals surface area contributed by atoms with Gasteiger partial charge in [-0.05, 0) is 37.8 Å². The first-order valence-electron chi connectivity index (χ1n) is 10.00. The summed E-state index contributed by atoms with van der Waals surface area (Å²) in [6, 6.07) is 7.90. The first-order valence-corrected chi connectivity index (χ1v) is 10.00. The van der Waals surface area contributed by atoms with Crippen LogP contribution in [0.5, 0.6) is 0 Å². The Morgan fingerprint density at radius 3 is 2.48 bits per heavy atom. The summed E-state index contributed by atoms with van der Waals surface area (Å²) in [5.41, 5.74) is 2.28. The molecule has 2 heterocycles. The van der Waals surface area contributed by atoms with E-state index < -0.39 is 0 Å². The molecule has 1 aliphatic heterocycles. The molecule has 29 heavy (non-hydrogen) atoms. The van der Waals surface area contributed by atoms with E-state index in [-0.39, 0.29) is 18.0 Å². The van der Waals surface area contributed by atoms with Crippen molar-refractivity contribution in [2.75, 3.05) is 30.3 Å². The van der Waals surface area contributed by atoms with E-state index in [1.807, 2.05) is 31.2 Å². The van der Waals surface area contributed by atoms with Crippen LogP contribution >= 0.6 is 0 Å². The average Bonchev–Trinajstić information content (AvgIpc) is 2.75. The second kappa shape index (κ2) is 9.86. The highest BCUT2D eigenvalue weighted by Gasteiger charge is 2.24. The van der Waals surface area contributed by atoms with Crippen molar-refractivity contribution in [2.45, 2.75) is 39.2 Å². The third-order valence-electron chi connectivity index (χ3n) is 4.91. The molecular formula is C21H27N5O3. The number of anilines is 2. The quantitative estimate of drug-likeness (QED) is 0.776. The van der Waals surface area contributed by atoms with Crippen LogP contribution in [0.25, 0.3) is 0 Å². The molecule has 2 N–H and O–H groups in total. The van der Waals surface area contributed by atoms with E-state index in [4.69, 9.17) is 4.74 Å². The number of carbonyl (C=O) groups excluding carboxylic acids is 2. The first-order chi connectivity index (χ1) is 14.1. The maximum Gasteiger partial charge on any atom is 0.409 e. The lowest BCUT2D eigenvalue weighted by atomic mass is 10.1. The Morgan fingerprint density at radius 2 is 1.83 bits per heavy atom. The number of nitrogens with zero attached hydrogens (tertiary/aromatic N) is 3. The number of rotatable bonds is 6. The number of aryl methyl sites for hydroxylation is 1. The van der Waals surface area contributed by atoms with Crippen molar-refractivity contribution in [3.63, 3.8) is 0 Å². The van der Waals surface area contributed by atoms with Crippen molar-refractivity contribution in [1.29, 1.82) is 0 Å². The minimum Gasteiger partial charge on any atom is -0.450 e. The second-order valence-electron chi connectivity index (χ2n) is 6.86. The van der Waals surface area contributed by atoms with E-state index in [2.05, 4.69) is 20.6 Å². The molecule has 1 saturated heterocycles. The number of para-hydroxylation sites is 1. The largest absolute Gasteiger partial charge is 0.450 e. The van der Waals surface area contributed by atoms with E-state index in [0.717, 1.165) is 30.5 Å². The van der Waals surface area contributed by atoms with Gasteiger partial charge in [0.05, 0.1) is 12.2 Å². The van der Waals surface area contributed by atoms with Gasteiger partial charge in [-0.25, -0.2) is 14.8 Å². The molecule has 8 heteroatoms. The lowest BCUT2D eigenvalue weighted by Crippen LogP contribution is -2.42. The summed E-state index contributed by atoms with van der Waals surface area (Å²) in [7, 11) is 0. The van der Waals surface area contributed by atoms with E-state index in [0.29, 0.717) is 31.2 Å². The average molecular weight is 397 g/mol. The number of hydrogen-bond acceptors (Lipinski definition) is 6. The summed E-state index contributed by atoms with van der Waals surface area (Å²) in [5.74, 6) is 0.241. The van der Waals surface area contributed by atoms with Gasteiger partial charge in [-0.1, -0.05) is 25.1 Å². The third-order valence-corrected chi connectivity index (χ3v) is 4.91. The van der Waals surface area contributed by atoms with Crippen LogP contribution in [-0.4, -0.2) is 52.6 Å². The van der Waals surface area contributed by atoms with Crippen LogP contribution in [0.15, 0.2) is 36.7 Å². The maximum atomic E-state index is 12.5. The maximum absolute atomic E-state index is 12.5. The van der Waals surface area contributed by atoms with Crippen molar-refractivity contribution < 1.29 is 14.3 Å². The van der Waals surface area contributed by atoms with Crippen molar-refractivity contribution >= 4 is 23.6 Å². The van der Waals surface area contributed by atoms with E-state index in [9.17, 15) is 9.59 Å². The fraction of sp³-hybridized carbons (Fsp3) is 0.429. The minimum absolute atomic E-state index is 0.178. The van der Waals surface area contributed by atoms with Gasteiger partial charge >= 0.3 is 6.09 Å². The molecule has 2 amide bonds. The molecule has 3 rings (SSSR count). The SMILES string of the molecule is CCOC(=O)N1CCC(Nc2ncc(C(=O)Nc3ccccc3CC)cn2)CC1. The van der Waals surface area contributed by atoms with Gasteiger partial charge in [-0.2, -0.15) is 0 Å². The number of nitrogens with one attached hydrogen (secondary N) is 2. The Kier molecular flexibility index (Phi) is 6.99. The molecule has 1 fully saturated rings. The molecule has 0 saturated carbocycles. The summed E-state index contributed by atoms with van der Waals surface area (Å²) in [4.78, 5) is 34.5. The topological polar surface area (TPSA) is 96.5 Å². The number of piperidine rings is 1. The normalized spacial score (nSPS) is 14.3. The van der Waals surface area contributed by atoms with Crippen LogP contribution in [0.2, 0.25) is 0 Å². The van der Waals surface area contributed by atoms with E-state index in [1.54, 1.807) is 11.8 Å². The number of hydrogen-bond donors (Lipinski definition) is 2. The van der Waals surface area contributed by atoms with Crippen LogP contribution in [-0.2, 0) is 11.2 Å². The standard InChI is InChI=1S/C21H27N5O3/c1-3-15-7-5-6-8-18(15)25-19(27)16-13-22-20(23-14-16)24-17-9-11-26(12-10-17)21(28)29-4-2/h5-8,13-14,17H,3-4,9-12H2,1-2H3,(H,25,27)(H,22,23,24). The summed E-state index contributed by atoms with van der Waals surface area (Å²) in [5, 5.41) is 6.19. The first kappa shape index (κ1) is 20.6. The fourth-order valence-electron chi connectivity index (χ4n) is 3.27. The molecule has 0 atom stereocenters. The number of amides is 2. The monoisotopic (exact) mass is 397 g/mol.